The second-order valence-electron chi connectivity index (χ2n) is 7.11. The first kappa shape index (κ1) is 22.8. The number of aromatic nitrogens is 1. The number of aryl methyl sites for hydroxylation is 2. The minimum atomic E-state index is -0.322. The third-order valence-corrected chi connectivity index (χ3v) is 4.82. The zero-order valence-electron chi connectivity index (χ0n) is 18.5. The lowest BCUT2D eigenvalue weighted by Gasteiger charge is -2.13. The van der Waals surface area contributed by atoms with Gasteiger partial charge in [-0.3, -0.25) is 9.78 Å². The molecule has 0 aliphatic carbocycles. The van der Waals surface area contributed by atoms with Gasteiger partial charge >= 0.3 is 0 Å². The summed E-state index contributed by atoms with van der Waals surface area (Å²) >= 11 is 0. The van der Waals surface area contributed by atoms with Gasteiger partial charge in [-0.05, 0) is 61.4 Å². The molecule has 0 saturated carbocycles. The van der Waals surface area contributed by atoms with Gasteiger partial charge in [0.25, 0.3) is 5.91 Å². The van der Waals surface area contributed by atoms with Crippen LogP contribution in [0.5, 0.6) is 17.2 Å². The van der Waals surface area contributed by atoms with Gasteiger partial charge in [0.1, 0.15) is 5.75 Å². The molecule has 7 heteroatoms. The number of carbonyl (C=O) groups is 1. The van der Waals surface area contributed by atoms with E-state index in [9.17, 15) is 4.79 Å². The highest BCUT2D eigenvalue weighted by molar-refractivity contribution is 5.95. The number of para-hydroxylation sites is 1. The van der Waals surface area contributed by atoms with E-state index in [2.05, 4.69) is 35.4 Å². The number of nitrogens with zero attached hydrogens (tertiary/aromatic N) is 2. The maximum absolute atomic E-state index is 12.1. The summed E-state index contributed by atoms with van der Waals surface area (Å²) in [7, 11) is 1.58. The first-order chi connectivity index (χ1) is 15.6. The SMILES string of the molecule is COc1cccc(C=NNC(=O)c2ccncc2)c1OCCCOc1ccc(C)c(C)c1. The molecular formula is C25H27N3O4. The lowest BCUT2D eigenvalue weighted by molar-refractivity contribution is 0.0955. The third-order valence-electron chi connectivity index (χ3n) is 4.82. The number of methoxy groups -OCH3 is 1. The number of benzene rings is 2. The van der Waals surface area contributed by atoms with Crippen LogP contribution in [0.3, 0.4) is 0 Å². The molecule has 0 radical (unpaired) electrons. The highest BCUT2D eigenvalue weighted by Crippen LogP contribution is 2.30. The van der Waals surface area contributed by atoms with Gasteiger partial charge in [-0.15, -0.1) is 0 Å². The number of rotatable bonds is 10. The van der Waals surface area contributed by atoms with Gasteiger partial charge in [-0.1, -0.05) is 12.1 Å². The lowest BCUT2D eigenvalue weighted by Crippen LogP contribution is -2.17. The maximum Gasteiger partial charge on any atom is 0.271 e. The Balaban J connectivity index is 1.56. The van der Waals surface area contributed by atoms with Crippen molar-refractivity contribution in [3.63, 3.8) is 0 Å². The van der Waals surface area contributed by atoms with Gasteiger partial charge in [0.05, 0.1) is 26.5 Å². The molecule has 32 heavy (non-hydrogen) atoms. The van der Waals surface area contributed by atoms with Crippen LogP contribution in [-0.2, 0) is 0 Å². The van der Waals surface area contributed by atoms with Crippen molar-refractivity contribution in [3.05, 3.63) is 83.2 Å². The number of ether oxygens (including phenoxy) is 3. The number of nitrogens with one attached hydrogen (secondary N) is 1. The van der Waals surface area contributed by atoms with Gasteiger partial charge in [-0.2, -0.15) is 5.10 Å². The van der Waals surface area contributed by atoms with Crippen molar-refractivity contribution in [2.24, 2.45) is 5.10 Å². The molecule has 7 nitrogen and oxygen atoms in total. The standard InChI is InChI=1S/C25H27N3O4/c1-18-8-9-22(16-19(18)2)31-14-5-15-32-24-21(6-4-7-23(24)30-3)17-27-28-25(29)20-10-12-26-13-11-20/h4,6-13,16-17H,5,14-15H2,1-3H3,(H,28,29). The Hall–Kier alpha value is -3.87. The van der Waals surface area contributed by atoms with E-state index < -0.39 is 0 Å². The van der Waals surface area contributed by atoms with Crippen molar-refractivity contribution in [2.45, 2.75) is 20.3 Å². The fraction of sp³-hybridized carbons (Fsp3) is 0.240. The molecule has 0 aliphatic rings. The molecule has 1 aromatic heterocycles. The van der Waals surface area contributed by atoms with E-state index >= 15 is 0 Å². The van der Waals surface area contributed by atoms with Crippen LogP contribution in [0.4, 0.5) is 0 Å². The lowest BCUT2D eigenvalue weighted by atomic mass is 10.1. The molecule has 1 amide bonds. The Kier molecular flexibility index (Phi) is 8.20. The number of amides is 1. The summed E-state index contributed by atoms with van der Waals surface area (Å²) in [5, 5.41) is 4.05. The van der Waals surface area contributed by atoms with Gasteiger partial charge in [0.2, 0.25) is 0 Å². The quantitative estimate of drug-likeness (QED) is 0.293. The largest absolute Gasteiger partial charge is 0.493 e. The zero-order valence-corrected chi connectivity index (χ0v) is 18.5. The molecule has 1 N–H and O–H groups in total. The van der Waals surface area contributed by atoms with E-state index in [-0.39, 0.29) is 5.91 Å². The molecule has 0 atom stereocenters. The Morgan fingerprint density at radius 2 is 1.81 bits per heavy atom. The van der Waals surface area contributed by atoms with Crippen molar-refractivity contribution in [3.8, 4) is 17.2 Å². The van der Waals surface area contributed by atoms with Crippen LogP contribution in [0, 0.1) is 13.8 Å². The van der Waals surface area contributed by atoms with Crippen LogP contribution in [0.25, 0.3) is 0 Å². The molecule has 1 heterocycles. The Labute approximate surface area is 188 Å². The average molecular weight is 434 g/mol. The predicted octanol–water partition coefficient (Wildman–Crippen LogP) is 4.32. The monoisotopic (exact) mass is 433 g/mol. The number of hydrogen-bond donors (Lipinski definition) is 1. The molecule has 166 valence electrons. The van der Waals surface area contributed by atoms with Crippen molar-refractivity contribution >= 4 is 12.1 Å². The third kappa shape index (κ3) is 6.31. The van der Waals surface area contributed by atoms with Crippen LogP contribution < -0.4 is 19.6 Å². The van der Waals surface area contributed by atoms with Crippen molar-refractivity contribution in [1.82, 2.24) is 10.4 Å². The van der Waals surface area contributed by atoms with E-state index in [0.717, 1.165) is 5.75 Å². The van der Waals surface area contributed by atoms with E-state index in [1.807, 2.05) is 30.3 Å². The van der Waals surface area contributed by atoms with Crippen LogP contribution >= 0.6 is 0 Å². The molecular weight excluding hydrogens is 406 g/mol. The van der Waals surface area contributed by atoms with Crippen molar-refractivity contribution in [1.29, 1.82) is 0 Å². The highest BCUT2D eigenvalue weighted by Gasteiger charge is 2.10. The van der Waals surface area contributed by atoms with Gasteiger partial charge in [0.15, 0.2) is 11.5 Å². The molecule has 0 spiro atoms. The van der Waals surface area contributed by atoms with Crippen molar-refractivity contribution < 1.29 is 19.0 Å². The van der Waals surface area contributed by atoms with Crippen LogP contribution in [0.1, 0.15) is 33.5 Å². The molecule has 0 saturated heterocycles. The van der Waals surface area contributed by atoms with E-state index in [0.29, 0.717) is 42.3 Å². The topological polar surface area (TPSA) is 82.0 Å². The molecule has 0 unspecified atom stereocenters. The fourth-order valence-corrected chi connectivity index (χ4v) is 2.90. The van der Waals surface area contributed by atoms with Crippen LogP contribution in [0.2, 0.25) is 0 Å². The number of hydrazone groups is 1. The number of carbonyl (C=O) groups excluding carboxylic acids is 1. The molecule has 3 aromatic rings. The summed E-state index contributed by atoms with van der Waals surface area (Å²) in [6, 6.07) is 14.8. The highest BCUT2D eigenvalue weighted by atomic mass is 16.5. The van der Waals surface area contributed by atoms with E-state index in [1.165, 1.54) is 17.3 Å². The first-order valence-corrected chi connectivity index (χ1v) is 10.3. The Morgan fingerprint density at radius 1 is 1.03 bits per heavy atom. The second kappa shape index (κ2) is 11.5. The minimum absolute atomic E-state index is 0.322. The Morgan fingerprint density at radius 3 is 2.56 bits per heavy atom. The minimum Gasteiger partial charge on any atom is -0.493 e. The molecule has 0 aliphatic heterocycles. The molecule has 2 aromatic carbocycles. The van der Waals surface area contributed by atoms with Gasteiger partial charge < -0.3 is 14.2 Å². The number of pyridine rings is 1. The summed E-state index contributed by atoms with van der Waals surface area (Å²) in [5.74, 6) is 1.67. The average Bonchev–Trinajstić information content (AvgIpc) is 2.82. The molecule has 0 fully saturated rings. The summed E-state index contributed by atoms with van der Waals surface area (Å²) in [4.78, 5) is 16.0. The van der Waals surface area contributed by atoms with E-state index in [1.54, 1.807) is 31.6 Å². The molecule has 0 bridgehead atoms. The van der Waals surface area contributed by atoms with Crippen molar-refractivity contribution in [2.75, 3.05) is 20.3 Å². The summed E-state index contributed by atoms with van der Waals surface area (Å²) in [6.45, 7) is 5.11. The first-order valence-electron chi connectivity index (χ1n) is 10.3. The van der Waals surface area contributed by atoms with Crippen LogP contribution in [-0.4, -0.2) is 37.4 Å². The maximum atomic E-state index is 12.1. The zero-order chi connectivity index (χ0) is 22.8. The summed E-state index contributed by atoms with van der Waals surface area (Å²) in [5.41, 5.74) is 6.11. The van der Waals surface area contributed by atoms with Gasteiger partial charge in [-0.25, -0.2) is 5.43 Å². The summed E-state index contributed by atoms with van der Waals surface area (Å²) in [6.07, 6.45) is 5.33. The summed E-state index contributed by atoms with van der Waals surface area (Å²) < 4.78 is 17.2. The molecule has 3 rings (SSSR count). The number of hydrogen-bond acceptors (Lipinski definition) is 6. The Bertz CT molecular complexity index is 1070. The van der Waals surface area contributed by atoms with E-state index in [4.69, 9.17) is 14.2 Å². The smallest absolute Gasteiger partial charge is 0.271 e. The van der Waals surface area contributed by atoms with Crippen LogP contribution in [0.15, 0.2) is 66.0 Å². The van der Waals surface area contributed by atoms with Gasteiger partial charge in [0, 0.05) is 29.9 Å². The second-order valence-corrected chi connectivity index (χ2v) is 7.11. The fourth-order valence-electron chi connectivity index (χ4n) is 2.90. The normalized spacial score (nSPS) is 10.7. The predicted molar refractivity (Wildman–Crippen MR) is 124 cm³/mol.